The Morgan fingerprint density at radius 2 is 2.60 bits per heavy atom. The number of nitrogens with one attached hydrogen (secondary N) is 1. The Bertz CT molecular complexity index is 344. The number of carboxylic acid groups (broad SMARTS) is 1. The maximum absolute atomic E-state index is 10.8. The van der Waals surface area contributed by atoms with Gasteiger partial charge in [0.15, 0.2) is 0 Å². The van der Waals surface area contributed by atoms with Crippen molar-refractivity contribution < 1.29 is 14.3 Å². The van der Waals surface area contributed by atoms with Gasteiger partial charge in [-0.25, -0.2) is 4.79 Å². The lowest BCUT2D eigenvalue weighted by atomic mass is 10.2. The van der Waals surface area contributed by atoms with Gasteiger partial charge in [-0.1, -0.05) is 0 Å². The van der Waals surface area contributed by atoms with Gasteiger partial charge >= 0.3 is 5.97 Å². The van der Waals surface area contributed by atoms with E-state index in [1.807, 2.05) is 11.8 Å². The molecule has 5 heteroatoms. The predicted octanol–water partition coefficient (Wildman–Crippen LogP) is 1.57. The zero-order chi connectivity index (χ0) is 10.7. The molecule has 15 heavy (non-hydrogen) atoms. The van der Waals surface area contributed by atoms with Crippen molar-refractivity contribution in [3.05, 3.63) is 23.7 Å². The summed E-state index contributed by atoms with van der Waals surface area (Å²) in [5, 5.41) is 12.2. The van der Waals surface area contributed by atoms with Crippen LogP contribution in [0.15, 0.2) is 16.7 Å². The number of rotatable bonds is 4. The number of hydrogen-bond acceptors (Lipinski definition) is 4. The van der Waals surface area contributed by atoms with Gasteiger partial charge < -0.3 is 14.8 Å². The second-order valence-electron chi connectivity index (χ2n) is 3.52. The average molecular weight is 227 g/mol. The van der Waals surface area contributed by atoms with Crippen LogP contribution in [0.5, 0.6) is 0 Å². The normalized spacial score (nSPS) is 20.7. The third-order valence-electron chi connectivity index (χ3n) is 2.45. The lowest BCUT2D eigenvalue weighted by Crippen LogP contribution is -2.28. The Balaban J connectivity index is 1.92. The number of hydrogen-bond donors (Lipinski definition) is 2. The van der Waals surface area contributed by atoms with E-state index in [-0.39, 0.29) is 5.76 Å². The van der Waals surface area contributed by atoms with Gasteiger partial charge in [0.05, 0.1) is 6.26 Å². The van der Waals surface area contributed by atoms with Gasteiger partial charge in [0, 0.05) is 23.9 Å². The summed E-state index contributed by atoms with van der Waals surface area (Å²) in [5.74, 6) is 1.35. The molecule has 2 N–H and O–H groups in total. The first-order valence-electron chi connectivity index (χ1n) is 4.88. The predicted molar refractivity (Wildman–Crippen MR) is 58.2 cm³/mol. The van der Waals surface area contributed by atoms with Gasteiger partial charge in [-0.15, -0.1) is 0 Å². The van der Waals surface area contributed by atoms with E-state index in [1.54, 1.807) is 6.07 Å². The molecule has 0 aliphatic carbocycles. The van der Waals surface area contributed by atoms with Crippen molar-refractivity contribution >= 4 is 17.7 Å². The molecular weight excluding hydrogens is 214 g/mol. The van der Waals surface area contributed by atoms with Crippen molar-refractivity contribution in [2.75, 3.05) is 11.5 Å². The molecule has 0 saturated carbocycles. The molecule has 2 heterocycles. The van der Waals surface area contributed by atoms with Crippen LogP contribution in [-0.2, 0) is 6.54 Å². The number of furan rings is 1. The SMILES string of the molecule is O=C(O)c1occc1CNC1CCSC1. The molecule has 0 bridgehead atoms. The van der Waals surface area contributed by atoms with Crippen LogP contribution >= 0.6 is 11.8 Å². The van der Waals surface area contributed by atoms with Crippen molar-refractivity contribution in [2.45, 2.75) is 19.0 Å². The minimum absolute atomic E-state index is 0.0492. The summed E-state index contributed by atoms with van der Waals surface area (Å²) in [6.45, 7) is 0.573. The van der Waals surface area contributed by atoms with Crippen LogP contribution in [0.4, 0.5) is 0 Å². The lowest BCUT2D eigenvalue weighted by Gasteiger charge is -2.09. The standard InChI is InChI=1S/C10H13NO3S/c12-10(13)9-7(1-3-14-9)5-11-8-2-4-15-6-8/h1,3,8,11H,2,4-6H2,(H,12,13). The molecule has 1 aromatic rings. The maximum atomic E-state index is 10.8. The van der Waals surface area contributed by atoms with Gasteiger partial charge in [0.25, 0.3) is 0 Å². The van der Waals surface area contributed by atoms with E-state index in [9.17, 15) is 4.79 Å². The Labute approximate surface area is 92.0 Å². The van der Waals surface area contributed by atoms with Crippen LogP contribution < -0.4 is 5.32 Å². The van der Waals surface area contributed by atoms with E-state index < -0.39 is 5.97 Å². The monoisotopic (exact) mass is 227 g/mol. The summed E-state index contributed by atoms with van der Waals surface area (Å²) in [6.07, 6.45) is 2.58. The highest BCUT2D eigenvalue weighted by Gasteiger charge is 2.17. The van der Waals surface area contributed by atoms with Crippen LogP contribution in [0, 0.1) is 0 Å². The first-order valence-corrected chi connectivity index (χ1v) is 6.03. The lowest BCUT2D eigenvalue weighted by molar-refractivity contribution is 0.0660. The van der Waals surface area contributed by atoms with Crippen molar-refractivity contribution in [1.82, 2.24) is 5.32 Å². The topological polar surface area (TPSA) is 62.5 Å². The van der Waals surface area contributed by atoms with E-state index in [0.717, 1.165) is 17.7 Å². The van der Waals surface area contributed by atoms with Crippen molar-refractivity contribution in [3.8, 4) is 0 Å². The molecule has 4 nitrogen and oxygen atoms in total. The summed E-state index contributed by atoms with van der Waals surface area (Å²) in [6, 6.07) is 2.21. The average Bonchev–Trinajstić information content (AvgIpc) is 2.86. The number of carboxylic acids is 1. The highest BCUT2D eigenvalue weighted by atomic mass is 32.2. The number of thioether (sulfide) groups is 1. The highest BCUT2D eigenvalue weighted by molar-refractivity contribution is 7.99. The molecule has 82 valence electrons. The summed E-state index contributed by atoms with van der Waals surface area (Å²) in [7, 11) is 0. The third-order valence-corrected chi connectivity index (χ3v) is 3.61. The Morgan fingerprint density at radius 3 is 3.27 bits per heavy atom. The van der Waals surface area contributed by atoms with Crippen LogP contribution in [0.25, 0.3) is 0 Å². The summed E-state index contributed by atoms with van der Waals surface area (Å²) in [4.78, 5) is 10.8. The van der Waals surface area contributed by atoms with Gasteiger partial charge in [-0.2, -0.15) is 11.8 Å². The van der Waals surface area contributed by atoms with Crippen LogP contribution in [0.3, 0.4) is 0 Å². The number of aromatic carboxylic acids is 1. The molecular formula is C10H13NO3S. The van der Waals surface area contributed by atoms with E-state index in [0.29, 0.717) is 12.6 Å². The fourth-order valence-corrected chi connectivity index (χ4v) is 2.80. The summed E-state index contributed by atoms with van der Waals surface area (Å²) in [5.41, 5.74) is 0.722. The largest absolute Gasteiger partial charge is 0.475 e. The van der Waals surface area contributed by atoms with Crippen LogP contribution in [-0.4, -0.2) is 28.6 Å². The Hall–Kier alpha value is -0.940. The van der Waals surface area contributed by atoms with E-state index in [2.05, 4.69) is 5.32 Å². The summed E-state index contributed by atoms with van der Waals surface area (Å²) < 4.78 is 4.90. The molecule has 1 aromatic heterocycles. The molecule has 0 amide bonds. The quantitative estimate of drug-likeness (QED) is 0.817. The molecule has 1 aliphatic heterocycles. The molecule has 1 aliphatic rings. The second kappa shape index (κ2) is 4.72. The van der Waals surface area contributed by atoms with E-state index >= 15 is 0 Å². The molecule has 2 rings (SSSR count). The fourth-order valence-electron chi connectivity index (χ4n) is 1.61. The van der Waals surface area contributed by atoms with E-state index in [4.69, 9.17) is 9.52 Å². The van der Waals surface area contributed by atoms with Crippen molar-refractivity contribution in [2.24, 2.45) is 0 Å². The third kappa shape index (κ3) is 2.54. The molecule has 0 radical (unpaired) electrons. The maximum Gasteiger partial charge on any atom is 0.372 e. The highest BCUT2D eigenvalue weighted by Crippen LogP contribution is 2.18. The molecule has 1 fully saturated rings. The minimum atomic E-state index is -1.00. The fraction of sp³-hybridized carbons (Fsp3) is 0.500. The molecule has 1 saturated heterocycles. The van der Waals surface area contributed by atoms with Crippen LogP contribution in [0.1, 0.15) is 22.5 Å². The van der Waals surface area contributed by atoms with E-state index in [1.165, 1.54) is 12.0 Å². The second-order valence-corrected chi connectivity index (χ2v) is 4.67. The zero-order valence-electron chi connectivity index (χ0n) is 8.23. The summed E-state index contributed by atoms with van der Waals surface area (Å²) >= 11 is 1.93. The van der Waals surface area contributed by atoms with Crippen molar-refractivity contribution in [3.63, 3.8) is 0 Å². The molecule has 0 aromatic carbocycles. The molecule has 1 unspecified atom stereocenters. The van der Waals surface area contributed by atoms with Crippen molar-refractivity contribution in [1.29, 1.82) is 0 Å². The Morgan fingerprint density at radius 1 is 1.73 bits per heavy atom. The first kappa shape index (κ1) is 10.6. The molecule has 1 atom stereocenters. The number of carbonyl (C=O) groups is 1. The smallest absolute Gasteiger partial charge is 0.372 e. The first-order chi connectivity index (χ1) is 7.27. The minimum Gasteiger partial charge on any atom is -0.475 e. The van der Waals surface area contributed by atoms with Gasteiger partial charge in [-0.3, -0.25) is 0 Å². The van der Waals surface area contributed by atoms with Gasteiger partial charge in [-0.05, 0) is 18.2 Å². The van der Waals surface area contributed by atoms with Crippen LogP contribution in [0.2, 0.25) is 0 Å². The Kier molecular flexibility index (Phi) is 3.33. The van der Waals surface area contributed by atoms with Gasteiger partial charge in [0.2, 0.25) is 5.76 Å². The molecule has 0 spiro atoms. The van der Waals surface area contributed by atoms with Gasteiger partial charge in [0.1, 0.15) is 0 Å². The zero-order valence-corrected chi connectivity index (χ0v) is 9.05.